The molecule has 6 heteroatoms. The zero-order valence-electron chi connectivity index (χ0n) is 16.1. The normalized spacial score (nSPS) is 12.6. The average Bonchev–Trinajstić information content (AvgIpc) is 3.10. The summed E-state index contributed by atoms with van der Waals surface area (Å²) in [5.74, 6) is 1.20. The van der Waals surface area contributed by atoms with Gasteiger partial charge in [0.25, 0.3) is 5.56 Å². The first kappa shape index (κ1) is 19.2. The molecule has 0 radical (unpaired) electrons. The quantitative estimate of drug-likeness (QED) is 0.223. The zero-order valence-corrected chi connectivity index (χ0v) is 17.7. The van der Waals surface area contributed by atoms with E-state index in [0.29, 0.717) is 11.2 Å². The van der Waals surface area contributed by atoms with Crippen LogP contribution in [0.4, 0.5) is 0 Å². The summed E-state index contributed by atoms with van der Waals surface area (Å²) in [6.07, 6.45) is 4.01. The summed E-state index contributed by atoms with van der Waals surface area (Å²) in [6, 6.07) is 14.3. The van der Waals surface area contributed by atoms with Crippen LogP contribution in [-0.2, 0) is 6.54 Å². The van der Waals surface area contributed by atoms with Gasteiger partial charge in [0.15, 0.2) is 5.16 Å². The maximum absolute atomic E-state index is 13.4. The van der Waals surface area contributed by atoms with Gasteiger partial charge in [-0.3, -0.25) is 9.36 Å². The second-order valence-corrected chi connectivity index (χ2v) is 9.02. The minimum absolute atomic E-state index is 0.0507. The molecule has 4 nitrogen and oxygen atoms in total. The monoisotopic (exact) mass is 409 g/mol. The van der Waals surface area contributed by atoms with Gasteiger partial charge >= 0.3 is 0 Å². The number of fused-ring (bicyclic) bond motifs is 3. The Balaban J connectivity index is 1.82. The molecule has 4 aromatic rings. The first-order valence-electron chi connectivity index (χ1n) is 9.65. The molecular formula is C22H23N3OS2. The second-order valence-electron chi connectivity index (χ2n) is 6.96. The van der Waals surface area contributed by atoms with Crippen LogP contribution in [0.25, 0.3) is 20.4 Å². The smallest absolute Gasteiger partial charge is 0.272 e. The van der Waals surface area contributed by atoms with Crippen molar-refractivity contribution in [2.75, 3.05) is 5.75 Å². The molecular weight excluding hydrogens is 386 g/mol. The Hall–Kier alpha value is -2.18. The second kappa shape index (κ2) is 8.45. The van der Waals surface area contributed by atoms with Gasteiger partial charge in [-0.15, -0.1) is 11.3 Å². The lowest BCUT2D eigenvalue weighted by atomic mass is 10.0. The summed E-state index contributed by atoms with van der Waals surface area (Å²) in [4.78, 5) is 23.7. The molecule has 0 aliphatic heterocycles. The molecule has 1 aromatic carbocycles. The Kier molecular flexibility index (Phi) is 5.78. The lowest BCUT2D eigenvalue weighted by Crippen LogP contribution is -2.25. The number of thioether (sulfide) groups is 1. The fourth-order valence-corrected chi connectivity index (χ4v) is 5.40. The Morgan fingerprint density at radius 2 is 2.00 bits per heavy atom. The standard InChI is InChI=1S/C22H23N3OS2/c1-3-4-13-27-22-24-18-17-11-8-12-23-20(17)28-19(18)21(26)25(22)14-15(2)16-9-6-5-7-10-16/h5-12,15H,3-4,13-14H2,1-2H3/t15-/m1/s1. The van der Waals surface area contributed by atoms with Crippen molar-refractivity contribution in [3.05, 3.63) is 64.6 Å². The first-order valence-corrected chi connectivity index (χ1v) is 11.4. The van der Waals surface area contributed by atoms with Gasteiger partial charge in [-0.1, -0.05) is 62.4 Å². The van der Waals surface area contributed by atoms with Crippen molar-refractivity contribution in [1.29, 1.82) is 0 Å². The van der Waals surface area contributed by atoms with Crippen LogP contribution in [0, 0.1) is 0 Å². The van der Waals surface area contributed by atoms with Crippen LogP contribution in [0.5, 0.6) is 0 Å². The molecule has 28 heavy (non-hydrogen) atoms. The lowest BCUT2D eigenvalue weighted by molar-refractivity contribution is 0.532. The van der Waals surface area contributed by atoms with E-state index in [9.17, 15) is 4.79 Å². The van der Waals surface area contributed by atoms with Gasteiger partial charge in [0.1, 0.15) is 9.53 Å². The number of hydrogen-bond acceptors (Lipinski definition) is 5. The number of thiophene rings is 1. The third kappa shape index (κ3) is 3.71. The maximum Gasteiger partial charge on any atom is 0.272 e. The fourth-order valence-electron chi connectivity index (χ4n) is 3.28. The summed E-state index contributed by atoms with van der Waals surface area (Å²) < 4.78 is 2.57. The van der Waals surface area contributed by atoms with E-state index < -0.39 is 0 Å². The lowest BCUT2D eigenvalue weighted by Gasteiger charge is -2.17. The summed E-state index contributed by atoms with van der Waals surface area (Å²) in [6.45, 7) is 4.97. The van der Waals surface area contributed by atoms with Crippen LogP contribution in [0.2, 0.25) is 0 Å². The van der Waals surface area contributed by atoms with Gasteiger partial charge in [0, 0.05) is 23.9 Å². The average molecular weight is 410 g/mol. The first-order chi connectivity index (χ1) is 13.7. The molecule has 4 rings (SSSR count). The van der Waals surface area contributed by atoms with Gasteiger partial charge in [-0.25, -0.2) is 9.97 Å². The highest BCUT2D eigenvalue weighted by atomic mass is 32.2. The van der Waals surface area contributed by atoms with Crippen molar-refractivity contribution in [2.45, 2.75) is 44.3 Å². The molecule has 144 valence electrons. The minimum Gasteiger partial charge on any atom is -0.286 e. The van der Waals surface area contributed by atoms with Crippen LogP contribution in [0.1, 0.15) is 38.2 Å². The number of hydrogen-bond donors (Lipinski definition) is 0. The molecule has 0 saturated heterocycles. The predicted molar refractivity (Wildman–Crippen MR) is 120 cm³/mol. The largest absolute Gasteiger partial charge is 0.286 e. The molecule has 0 saturated carbocycles. The van der Waals surface area contributed by atoms with E-state index in [1.165, 1.54) is 16.9 Å². The fraction of sp³-hybridized carbons (Fsp3) is 0.318. The molecule has 0 aliphatic carbocycles. The molecule has 0 unspecified atom stereocenters. The number of rotatable bonds is 7. The van der Waals surface area contributed by atoms with E-state index in [1.807, 2.05) is 34.9 Å². The van der Waals surface area contributed by atoms with E-state index in [-0.39, 0.29) is 11.5 Å². The Bertz CT molecular complexity index is 1150. The molecule has 0 aliphatic rings. The van der Waals surface area contributed by atoms with Crippen molar-refractivity contribution in [2.24, 2.45) is 0 Å². The van der Waals surface area contributed by atoms with Crippen molar-refractivity contribution in [3.8, 4) is 0 Å². The van der Waals surface area contributed by atoms with E-state index in [1.54, 1.807) is 18.0 Å². The third-order valence-corrected chi connectivity index (χ3v) is 7.03. The molecule has 0 amide bonds. The minimum atomic E-state index is 0.0507. The van der Waals surface area contributed by atoms with Crippen LogP contribution in [0.15, 0.2) is 58.6 Å². The molecule has 3 aromatic heterocycles. The number of benzene rings is 1. The molecule has 0 fully saturated rings. The maximum atomic E-state index is 13.4. The van der Waals surface area contributed by atoms with E-state index in [4.69, 9.17) is 4.98 Å². The number of nitrogens with zero attached hydrogens (tertiary/aromatic N) is 3. The summed E-state index contributed by atoms with van der Waals surface area (Å²) in [7, 11) is 0. The van der Waals surface area contributed by atoms with Gasteiger partial charge < -0.3 is 0 Å². The molecule has 0 bridgehead atoms. The Labute approximate surface area is 172 Å². The predicted octanol–water partition coefficient (Wildman–Crippen LogP) is 5.70. The molecule has 0 N–H and O–H groups in total. The Morgan fingerprint density at radius 1 is 1.18 bits per heavy atom. The Morgan fingerprint density at radius 3 is 2.79 bits per heavy atom. The van der Waals surface area contributed by atoms with Crippen molar-refractivity contribution in [3.63, 3.8) is 0 Å². The highest BCUT2D eigenvalue weighted by molar-refractivity contribution is 7.99. The SMILES string of the molecule is CCCCSc1nc2c(sc3ncccc32)c(=O)n1C[C@@H](C)c1ccccc1. The van der Waals surface area contributed by atoms with Crippen LogP contribution in [-0.4, -0.2) is 20.3 Å². The van der Waals surface area contributed by atoms with Crippen molar-refractivity contribution < 1.29 is 0 Å². The summed E-state index contributed by atoms with van der Waals surface area (Å²) in [5, 5.41) is 1.79. The molecule has 3 heterocycles. The molecule has 1 atom stereocenters. The van der Waals surface area contributed by atoms with E-state index >= 15 is 0 Å². The zero-order chi connectivity index (χ0) is 19.5. The van der Waals surface area contributed by atoms with E-state index in [0.717, 1.165) is 39.5 Å². The van der Waals surface area contributed by atoms with Gasteiger partial charge in [0.05, 0.1) is 5.52 Å². The van der Waals surface area contributed by atoms with Crippen molar-refractivity contribution in [1.82, 2.24) is 14.5 Å². The van der Waals surface area contributed by atoms with Crippen molar-refractivity contribution >= 4 is 43.5 Å². The molecule has 0 spiro atoms. The van der Waals surface area contributed by atoms with Crippen LogP contribution < -0.4 is 5.56 Å². The highest BCUT2D eigenvalue weighted by Gasteiger charge is 2.18. The number of pyridine rings is 1. The third-order valence-electron chi connectivity index (χ3n) is 4.87. The van der Waals surface area contributed by atoms with Gasteiger partial charge in [-0.05, 0) is 30.0 Å². The van der Waals surface area contributed by atoms with Crippen LogP contribution in [0.3, 0.4) is 0 Å². The van der Waals surface area contributed by atoms with Crippen LogP contribution >= 0.6 is 23.1 Å². The number of aromatic nitrogens is 3. The topological polar surface area (TPSA) is 47.8 Å². The van der Waals surface area contributed by atoms with E-state index in [2.05, 4.69) is 31.0 Å². The summed E-state index contributed by atoms with van der Waals surface area (Å²) >= 11 is 3.13. The van der Waals surface area contributed by atoms with Gasteiger partial charge in [0.2, 0.25) is 0 Å². The summed E-state index contributed by atoms with van der Waals surface area (Å²) in [5.41, 5.74) is 2.08. The highest BCUT2D eigenvalue weighted by Crippen LogP contribution is 2.31. The van der Waals surface area contributed by atoms with Gasteiger partial charge in [-0.2, -0.15) is 0 Å². The number of unbranched alkanes of at least 4 members (excludes halogenated alkanes) is 1.